The maximum Gasteiger partial charge on any atom is 0.261 e. The second kappa shape index (κ2) is 9.67. The van der Waals surface area contributed by atoms with Gasteiger partial charge in [0.1, 0.15) is 11.5 Å². The van der Waals surface area contributed by atoms with Crippen molar-refractivity contribution in [2.24, 2.45) is 0 Å². The summed E-state index contributed by atoms with van der Waals surface area (Å²) in [5.41, 5.74) is 2.49. The Hall–Kier alpha value is -2.99. The molecule has 0 amide bonds. The number of anilines is 1. The van der Waals surface area contributed by atoms with E-state index >= 15 is 0 Å². The van der Waals surface area contributed by atoms with E-state index in [2.05, 4.69) is 4.72 Å². The summed E-state index contributed by atoms with van der Waals surface area (Å²) in [6.45, 7) is 4.51. The summed E-state index contributed by atoms with van der Waals surface area (Å²) < 4.78 is 39.6. The Labute approximate surface area is 178 Å². The van der Waals surface area contributed by atoms with E-state index in [9.17, 15) is 8.42 Å². The van der Waals surface area contributed by atoms with Gasteiger partial charge in [0.2, 0.25) is 0 Å². The van der Waals surface area contributed by atoms with Crippen LogP contribution in [0.3, 0.4) is 0 Å². The molecule has 0 radical (unpaired) electrons. The predicted molar refractivity (Wildman–Crippen MR) is 120 cm³/mol. The minimum absolute atomic E-state index is 0.136. The van der Waals surface area contributed by atoms with E-state index in [1.165, 1.54) is 5.56 Å². The average Bonchev–Trinajstić information content (AvgIpc) is 2.74. The van der Waals surface area contributed by atoms with Crippen LogP contribution in [0.15, 0.2) is 77.7 Å². The first-order valence-corrected chi connectivity index (χ1v) is 11.3. The number of hydrogen-bond acceptors (Lipinski definition) is 4. The fraction of sp³-hybridized carbons (Fsp3) is 0.250. The molecule has 3 aromatic rings. The Morgan fingerprint density at radius 2 is 1.70 bits per heavy atom. The van der Waals surface area contributed by atoms with Crippen molar-refractivity contribution in [2.75, 3.05) is 18.4 Å². The first kappa shape index (κ1) is 21.7. The Morgan fingerprint density at radius 3 is 2.40 bits per heavy atom. The number of hydrogen-bond donors (Lipinski definition) is 1. The van der Waals surface area contributed by atoms with Crippen molar-refractivity contribution in [1.82, 2.24) is 0 Å². The molecule has 0 heterocycles. The second-order valence-electron chi connectivity index (χ2n) is 7.28. The van der Waals surface area contributed by atoms with Gasteiger partial charge in [-0.1, -0.05) is 50.2 Å². The lowest BCUT2D eigenvalue weighted by Crippen LogP contribution is -2.13. The third kappa shape index (κ3) is 5.54. The lowest BCUT2D eigenvalue weighted by molar-refractivity contribution is 0.322. The van der Waals surface area contributed by atoms with Gasteiger partial charge in [0.15, 0.2) is 0 Å². The van der Waals surface area contributed by atoms with Gasteiger partial charge in [-0.2, -0.15) is 0 Å². The Kier molecular flexibility index (Phi) is 7.00. The van der Waals surface area contributed by atoms with E-state index in [1.807, 2.05) is 50.2 Å². The molecular formula is C24H27NO4S. The molecule has 0 unspecified atom stereocenters. The van der Waals surface area contributed by atoms with E-state index in [-0.39, 0.29) is 10.8 Å². The van der Waals surface area contributed by atoms with Gasteiger partial charge < -0.3 is 9.47 Å². The molecule has 3 aromatic carbocycles. The molecule has 0 aromatic heterocycles. The van der Waals surface area contributed by atoms with Gasteiger partial charge in [0.25, 0.3) is 10.0 Å². The van der Waals surface area contributed by atoms with Crippen LogP contribution < -0.4 is 14.2 Å². The van der Waals surface area contributed by atoms with Gasteiger partial charge in [0, 0.05) is 12.5 Å². The number of benzene rings is 3. The molecule has 0 saturated heterocycles. The molecule has 0 saturated carbocycles. The highest BCUT2D eigenvalue weighted by Crippen LogP contribution is 2.30. The SMILES string of the molecule is COc1ccc(S(=O)(=O)Nc2cccc(OCCc3ccccc3)c2)cc1C(C)C. The first-order chi connectivity index (χ1) is 14.4. The van der Waals surface area contributed by atoms with Crippen molar-refractivity contribution in [3.05, 3.63) is 83.9 Å². The van der Waals surface area contributed by atoms with Crippen molar-refractivity contribution >= 4 is 15.7 Å². The number of methoxy groups -OCH3 is 1. The summed E-state index contributed by atoms with van der Waals surface area (Å²) in [5, 5.41) is 0. The third-order valence-corrected chi connectivity index (χ3v) is 6.10. The van der Waals surface area contributed by atoms with Crippen molar-refractivity contribution < 1.29 is 17.9 Å². The summed E-state index contributed by atoms with van der Waals surface area (Å²) in [6, 6.07) is 21.9. The molecule has 0 aliphatic carbocycles. The minimum Gasteiger partial charge on any atom is -0.496 e. The zero-order valence-corrected chi connectivity index (χ0v) is 18.3. The maximum absolute atomic E-state index is 12.9. The zero-order valence-electron chi connectivity index (χ0n) is 17.5. The summed E-state index contributed by atoms with van der Waals surface area (Å²) in [6.07, 6.45) is 0.778. The molecular weight excluding hydrogens is 398 g/mol. The lowest BCUT2D eigenvalue weighted by atomic mass is 10.0. The highest BCUT2D eigenvalue weighted by molar-refractivity contribution is 7.92. The zero-order chi connectivity index (χ0) is 21.6. The van der Waals surface area contributed by atoms with Gasteiger partial charge in [-0.05, 0) is 47.4 Å². The first-order valence-electron chi connectivity index (χ1n) is 9.86. The van der Waals surface area contributed by atoms with Gasteiger partial charge in [-0.25, -0.2) is 8.42 Å². The molecule has 0 aliphatic heterocycles. The molecule has 0 bridgehead atoms. The normalized spacial score (nSPS) is 11.3. The summed E-state index contributed by atoms with van der Waals surface area (Å²) in [5.74, 6) is 1.43. The predicted octanol–water partition coefficient (Wildman–Crippen LogP) is 5.24. The number of rotatable bonds is 9. The molecule has 0 fully saturated rings. The van der Waals surface area contributed by atoms with Crippen molar-refractivity contribution in [2.45, 2.75) is 31.1 Å². The van der Waals surface area contributed by atoms with Crippen LogP contribution in [0.25, 0.3) is 0 Å². The number of nitrogens with one attached hydrogen (secondary N) is 1. The van der Waals surface area contributed by atoms with Crippen LogP contribution in [0, 0.1) is 0 Å². The van der Waals surface area contributed by atoms with Crippen LogP contribution in [-0.2, 0) is 16.4 Å². The average molecular weight is 426 g/mol. The maximum atomic E-state index is 12.9. The Balaban J connectivity index is 1.71. The van der Waals surface area contributed by atoms with Crippen molar-refractivity contribution in [3.8, 4) is 11.5 Å². The van der Waals surface area contributed by atoms with Gasteiger partial charge in [-0.15, -0.1) is 0 Å². The molecule has 3 rings (SSSR count). The largest absolute Gasteiger partial charge is 0.496 e. The Bertz CT molecular complexity index is 1080. The van der Waals surface area contributed by atoms with E-state index in [0.29, 0.717) is 23.8 Å². The fourth-order valence-electron chi connectivity index (χ4n) is 3.13. The van der Waals surface area contributed by atoms with Crippen LogP contribution in [-0.4, -0.2) is 22.1 Å². The second-order valence-corrected chi connectivity index (χ2v) is 8.96. The summed E-state index contributed by atoms with van der Waals surface area (Å²) in [4.78, 5) is 0.197. The quantitative estimate of drug-likeness (QED) is 0.509. The van der Waals surface area contributed by atoms with Gasteiger partial charge in [-0.3, -0.25) is 4.72 Å². The van der Waals surface area contributed by atoms with Crippen LogP contribution in [0.1, 0.15) is 30.9 Å². The van der Waals surface area contributed by atoms with E-state index in [1.54, 1.807) is 43.5 Å². The number of sulfonamides is 1. The molecule has 158 valence electrons. The minimum atomic E-state index is -3.74. The van der Waals surface area contributed by atoms with E-state index in [0.717, 1.165) is 12.0 Å². The number of ether oxygens (including phenoxy) is 2. The standard InChI is InChI=1S/C24H27NO4S/c1-18(2)23-17-22(12-13-24(23)28-3)30(26,27)25-20-10-7-11-21(16-20)29-15-14-19-8-5-4-6-9-19/h4-13,16-18,25H,14-15H2,1-3H3. The van der Waals surface area contributed by atoms with Crippen molar-refractivity contribution in [3.63, 3.8) is 0 Å². The molecule has 1 N–H and O–H groups in total. The summed E-state index contributed by atoms with van der Waals surface area (Å²) >= 11 is 0. The van der Waals surface area contributed by atoms with Crippen molar-refractivity contribution in [1.29, 1.82) is 0 Å². The van der Waals surface area contributed by atoms with E-state index < -0.39 is 10.0 Å². The molecule has 30 heavy (non-hydrogen) atoms. The smallest absolute Gasteiger partial charge is 0.261 e. The van der Waals surface area contributed by atoms with Gasteiger partial charge >= 0.3 is 0 Å². The van der Waals surface area contributed by atoms with Crippen LogP contribution in [0.4, 0.5) is 5.69 Å². The van der Waals surface area contributed by atoms with Crippen LogP contribution >= 0.6 is 0 Å². The topological polar surface area (TPSA) is 64.6 Å². The van der Waals surface area contributed by atoms with Crippen LogP contribution in [0.2, 0.25) is 0 Å². The molecule has 0 spiro atoms. The molecule has 0 atom stereocenters. The molecule has 5 nitrogen and oxygen atoms in total. The van der Waals surface area contributed by atoms with E-state index in [4.69, 9.17) is 9.47 Å². The third-order valence-electron chi connectivity index (χ3n) is 4.72. The molecule has 0 aliphatic rings. The Morgan fingerprint density at radius 1 is 0.933 bits per heavy atom. The summed E-state index contributed by atoms with van der Waals surface area (Å²) in [7, 11) is -2.16. The molecule has 6 heteroatoms. The highest BCUT2D eigenvalue weighted by Gasteiger charge is 2.18. The fourth-order valence-corrected chi connectivity index (χ4v) is 4.21. The van der Waals surface area contributed by atoms with Gasteiger partial charge in [0.05, 0.1) is 24.3 Å². The lowest BCUT2D eigenvalue weighted by Gasteiger charge is -2.15. The monoisotopic (exact) mass is 425 g/mol. The highest BCUT2D eigenvalue weighted by atomic mass is 32.2. The van der Waals surface area contributed by atoms with Crippen LogP contribution in [0.5, 0.6) is 11.5 Å².